The highest BCUT2D eigenvalue weighted by atomic mass is 35.5. The van der Waals surface area contributed by atoms with E-state index in [0.717, 1.165) is 12.8 Å². The highest BCUT2D eigenvalue weighted by Gasteiger charge is 2.21. The van der Waals surface area contributed by atoms with Gasteiger partial charge >= 0.3 is 0 Å². The van der Waals surface area contributed by atoms with Crippen LogP contribution in [0.3, 0.4) is 0 Å². The number of nitrogens with one attached hydrogen (secondary N) is 2. The Morgan fingerprint density at radius 1 is 1.18 bits per heavy atom. The third kappa shape index (κ3) is 5.93. The van der Waals surface area contributed by atoms with Gasteiger partial charge in [-0.15, -0.1) is 0 Å². The van der Waals surface area contributed by atoms with Gasteiger partial charge in [-0.1, -0.05) is 23.4 Å². The van der Waals surface area contributed by atoms with Gasteiger partial charge in [0.2, 0.25) is 11.8 Å². The summed E-state index contributed by atoms with van der Waals surface area (Å²) in [5, 5.41) is 6.90. The molecule has 1 saturated heterocycles. The van der Waals surface area contributed by atoms with Crippen LogP contribution < -0.4 is 16.2 Å². The zero-order valence-electron chi connectivity index (χ0n) is 18.0. The Kier molecular flexibility index (Phi) is 7.32. The van der Waals surface area contributed by atoms with Gasteiger partial charge in [0.15, 0.2) is 5.16 Å². The molecule has 1 fully saturated rings. The second-order valence-electron chi connectivity index (χ2n) is 7.70. The van der Waals surface area contributed by atoms with Gasteiger partial charge < -0.3 is 15.4 Å². The van der Waals surface area contributed by atoms with E-state index in [1.165, 1.54) is 18.7 Å². The molecule has 0 bridgehead atoms. The number of carbonyl (C=O) groups excluding carboxylic acids is 2. The number of amides is 2. The second-order valence-corrected chi connectivity index (χ2v) is 9.08. The van der Waals surface area contributed by atoms with Crippen molar-refractivity contribution in [2.24, 2.45) is 0 Å². The number of aromatic nitrogens is 2. The predicted molar refractivity (Wildman–Crippen MR) is 130 cm³/mol. The topological polar surface area (TPSA) is 102 Å². The van der Waals surface area contributed by atoms with Gasteiger partial charge in [0.1, 0.15) is 0 Å². The lowest BCUT2D eigenvalue weighted by Gasteiger charge is -2.16. The fourth-order valence-electron chi connectivity index (χ4n) is 3.60. The molecule has 0 saturated carbocycles. The first-order valence-electron chi connectivity index (χ1n) is 10.5. The van der Waals surface area contributed by atoms with Crippen LogP contribution in [0.4, 0.5) is 11.4 Å². The smallest absolute Gasteiger partial charge is 0.262 e. The largest absolute Gasteiger partial charge is 0.376 e. The number of nitrogens with zero attached hydrogens (tertiary/aromatic N) is 2. The summed E-state index contributed by atoms with van der Waals surface area (Å²) >= 11 is 7.28. The fourth-order valence-corrected chi connectivity index (χ4v) is 4.58. The van der Waals surface area contributed by atoms with Crippen LogP contribution in [0.2, 0.25) is 5.02 Å². The minimum atomic E-state index is -0.239. The Morgan fingerprint density at radius 2 is 1.91 bits per heavy atom. The lowest BCUT2D eigenvalue weighted by Crippen LogP contribution is -2.29. The van der Waals surface area contributed by atoms with Gasteiger partial charge in [-0.05, 0) is 55.3 Å². The molecule has 2 N–H and O–H groups in total. The fraction of sp³-hybridized carbons (Fsp3) is 0.304. The van der Waals surface area contributed by atoms with Crippen molar-refractivity contribution < 1.29 is 14.3 Å². The maximum Gasteiger partial charge on any atom is 0.262 e. The molecule has 0 aliphatic carbocycles. The first-order valence-corrected chi connectivity index (χ1v) is 11.9. The summed E-state index contributed by atoms with van der Waals surface area (Å²) in [7, 11) is 0. The molecule has 2 amide bonds. The van der Waals surface area contributed by atoms with Crippen LogP contribution in [-0.4, -0.2) is 39.8 Å². The van der Waals surface area contributed by atoms with Crippen molar-refractivity contribution in [2.45, 2.75) is 37.6 Å². The molecular formula is C23H23ClN4O4S. The number of thioether (sulfide) groups is 1. The van der Waals surface area contributed by atoms with Gasteiger partial charge in [-0.2, -0.15) is 0 Å². The van der Waals surface area contributed by atoms with E-state index in [2.05, 4.69) is 15.6 Å². The molecule has 8 nitrogen and oxygen atoms in total. The number of hydrogen-bond acceptors (Lipinski definition) is 6. The van der Waals surface area contributed by atoms with Crippen LogP contribution >= 0.6 is 23.4 Å². The molecule has 172 valence electrons. The lowest BCUT2D eigenvalue weighted by molar-refractivity contribution is -0.114. The number of hydrogen-bond donors (Lipinski definition) is 2. The van der Waals surface area contributed by atoms with Crippen LogP contribution in [0, 0.1) is 0 Å². The quantitative estimate of drug-likeness (QED) is 0.387. The highest BCUT2D eigenvalue weighted by Crippen LogP contribution is 2.23. The van der Waals surface area contributed by atoms with E-state index in [-0.39, 0.29) is 29.2 Å². The van der Waals surface area contributed by atoms with Gasteiger partial charge in [0.25, 0.3) is 5.56 Å². The minimum absolute atomic E-state index is 0.0513. The third-order valence-corrected chi connectivity index (χ3v) is 6.33. The summed E-state index contributed by atoms with van der Waals surface area (Å²) < 4.78 is 7.30. The van der Waals surface area contributed by atoms with Crippen LogP contribution in [-0.2, 0) is 20.9 Å². The minimum Gasteiger partial charge on any atom is -0.376 e. The van der Waals surface area contributed by atoms with Crippen LogP contribution in [0.1, 0.15) is 19.8 Å². The monoisotopic (exact) mass is 486 g/mol. The average Bonchev–Trinajstić information content (AvgIpc) is 3.28. The highest BCUT2D eigenvalue weighted by molar-refractivity contribution is 7.99. The number of ether oxygens (including phenoxy) is 1. The van der Waals surface area contributed by atoms with Crippen molar-refractivity contribution in [2.75, 3.05) is 23.0 Å². The molecular weight excluding hydrogens is 464 g/mol. The average molecular weight is 487 g/mol. The Balaban J connectivity index is 1.51. The molecule has 3 aromatic rings. The molecule has 1 unspecified atom stereocenters. The van der Waals surface area contributed by atoms with E-state index in [0.29, 0.717) is 45.6 Å². The summed E-state index contributed by atoms with van der Waals surface area (Å²) in [5.74, 6) is -0.338. The number of rotatable bonds is 7. The van der Waals surface area contributed by atoms with Gasteiger partial charge in [-0.3, -0.25) is 19.0 Å². The molecule has 0 spiro atoms. The van der Waals surface area contributed by atoms with Crippen molar-refractivity contribution in [1.82, 2.24) is 9.55 Å². The molecule has 10 heteroatoms. The number of benzene rings is 2. The Bertz CT molecular complexity index is 1240. The Hall–Kier alpha value is -2.88. The first kappa shape index (κ1) is 23.3. The summed E-state index contributed by atoms with van der Waals surface area (Å²) in [5.41, 5.74) is 1.56. The zero-order valence-corrected chi connectivity index (χ0v) is 19.5. The van der Waals surface area contributed by atoms with Crippen molar-refractivity contribution in [3.05, 3.63) is 57.8 Å². The van der Waals surface area contributed by atoms with E-state index in [9.17, 15) is 14.4 Å². The number of halogens is 1. The number of fused-ring (bicyclic) bond motifs is 1. The summed E-state index contributed by atoms with van der Waals surface area (Å²) in [6.45, 7) is 2.50. The van der Waals surface area contributed by atoms with E-state index in [1.807, 2.05) is 0 Å². The van der Waals surface area contributed by atoms with E-state index in [1.54, 1.807) is 47.0 Å². The van der Waals surface area contributed by atoms with Crippen LogP contribution in [0.15, 0.2) is 52.4 Å². The maximum absolute atomic E-state index is 13.2. The Labute approximate surface area is 199 Å². The Morgan fingerprint density at radius 3 is 2.58 bits per heavy atom. The molecule has 4 rings (SSSR count). The molecule has 1 atom stereocenters. The molecule has 2 aromatic carbocycles. The molecule has 2 heterocycles. The second kappa shape index (κ2) is 10.4. The molecule has 1 aliphatic heterocycles. The van der Waals surface area contributed by atoms with Gasteiger partial charge in [0, 0.05) is 29.9 Å². The van der Waals surface area contributed by atoms with E-state index < -0.39 is 0 Å². The molecule has 1 aliphatic rings. The van der Waals surface area contributed by atoms with Crippen molar-refractivity contribution in [3.63, 3.8) is 0 Å². The third-order valence-electron chi connectivity index (χ3n) is 5.11. The summed E-state index contributed by atoms with van der Waals surface area (Å²) in [6.07, 6.45) is 1.79. The number of anilines is 2. The molecule has 0 radical (unpaired) electrons. The van der Waals surface area contributed by atoms with Crippen LogP contribution in [0.5, 0.6) is 0 Å². The van der Waals surface area contributed by atoms with Crippen molar-refractivity contribution in [1.29, 1.82) is 0 Å². The molecule has 33 heavy (non-hydrogen) atoms. The standard InChI is InChI=1S/C23H23ClN4O4S/c1-14(29)25-16-5-7-17(8-6-16)26-21(30)13-33-23-27-20-11-15(24)4-9-19(20)22(31)28(23)12-18-3-2-10-32-18/h4-9,11,18H,2-3,10,12-13H2,1H3,(H,25,29)(H,26,30). The lowest BCUT2D eigenvalue weighted by atomic mass is 10.2. The predicted octanol–water partition coefficient (Wildman–Crippen LogP) is 3.92. The van der Waals surface area contributed by atoms with Crippen molar-refractivity contribution >= 4 is 57.5 Å². The maximum atomic E-state index is 13.2. The normalized spacial score (nSPS) is 15.5. The SMILES string of the molecule is CC(=O)Nc1ccc(NC(=O)CSc2nc3cc(Cl)ccc3c(=O)n2CC2CCCO2)cc1. The van der Waals surface area contributed by atoms with Gasteiger partial charge in [-0.25, -0.2) is 4.98 Å². The zero-order chi connectivity index (χ0) is 23.4. The van der Waals surface area contributed by atoms with Crippen molar-refractivity contribution in [3.8, 4) is 0 Å². The summed E-state index contributed by atoms with van der Waals surface area (Å²) in [6, 6.07) is 11.8. The van der Waals surface area contributed by atoms with E-state index in [4.69, 9.17) is 16.3 Å². The van der Waals surface area contributed by atoms with Crippen LogP contribution in [0.25, 0.3) is 10.9 Å². The van der Waals surface area contributed by atoms with Gasteiger partial charge in [0.05, 0.1) is 29.3 Å². The summed E-state index contributed by atoms with van der Waals surface area (Å²) in [4.78, 5) is 41.5. The molecule has 1 aromatic heterocycles. The van der Waals surface area contributed by atoms with E-state index >= 15 is 0 Å². The first-order chi connectivity index (χ1) is 15.9. The number of carbonyl (C=O) groups is 2.